The van der Waals surface area contributed by atoms with Crippen molar-refractivity contribution in [1.82, 2.24) is 20.4 Å². The van der Waals surface area contributed by atoms with Gasteiger partial charge in [-0.1, -0.05) is 18.2 Å². The van der Waals surface area contributed by atoms with E-state index in [2.05, 4.69) is 42.6 Å². The largest absolute Gasteiger partial charge is 0.496 e. The summed E-state index contributed by atoms with van der Waals surface area (Å²) in [4.78, 5) is 20.7. The maximum Gasteiger partial charge on any atom is 0.409 e. The minimum Gasteiger partial charge on any atom is -0.496 e. The van der Waals surface area contributed by atoms with E-state index in [0.29, 0.717) is 26.2 Å². The number of piperidine rings is 1. The second-order valence-electron chi connectivity index (χ2n) is 7.55. The number of nitrogens with one attached hydrogen (secondary N) is 2. The van der Waals surface area contributed by atoms with Crippen LogP contribution in [0.1, 0.15) is 38.3 Å². The van der Waals surface area contributed by atoms with Crippen molar-refractivity contribution in [3.05, 3.63) is 29.8 Å². The van der Waals surface area contributed by atoms with Crippen molar-refractivity contribution >= 4 is 36.0 Å². The molecule has 1 atom stereocenters. The Hall–Kier alpha value is -1.75. The van der Waals surface area contributed by atoms with Gasteiger partial charge in [-0.05, 0) is 46.9 Å². The summed E-state index contributed by atoms with van der Waals surface area (Å²) >= 11 is 0. The molecule has 2 N–H and O–H groups in total. The molecular formula is C22H38IN5O3. The van der Waals surface area contributed by atoms with Crippen molar-refractivity contribution in [3.8, 4) is 5.75 Å². The van der Waals surface area contributed by atoms with E-state index in [1.807, 2.05) is 25.1 Å². The molecule has 1 unspecified atom stereocenters. The Morgan fingerprint density at radius 1 is 1.26 bits per heavy atom. The molecule has 0 bridgehead atoms. The number of nitrogens with zero attached hydrogens (tertiary/aromatic N) is 3. The van der Waals surface area contributed by atoms with Gasteiger partial charge in [-0.2, -0.15) is 0 Å². The van der Waals surface area contributed by atoms with Crippen molar-refractivity contribution in [2.24, 2.45) is 4.99 Å². The highest BCUT2D eigenvalue weighted by molar-refractivity contribution is 14.0. The minimum atomic E-state index is -0.220. The van der Waals surface area contributed by atoms with Crippen LogP contribution in [0.2, 0.25) is 0 Å². The van der Waals surface area contributed by atoms with Crippen LogP contribution in [-0.2, 0) is 4.74 Å². The molecule has 0 radical (unpaired) electrons. The van der Waals surface area contributed by atoms with Crippen LogP contribution in [-0.4, -0.2) is 81.9 Å². The molecule has 9 heteroatoms. The van der Waals surface area contributed by atoms with E-state index in [0.717, 1.165) is 36.7 Å². The highest BCUT2D eigenvalue weighted by Gasteiger charge is 2.24. The summed E-state index contributed by atoms with van der Waals surface area (Å²) < 4.78 is 10.7. The first kappa shape index (κ1) is 27.3. The summed E-state index contributed by atoms with van der Waals surface area (Å²) in [7, 11) is 5.80. The van der Waals surface area contributed by atoms with E-state index < -0.39 is 0 Å². The fourth-order valence-corrected chi connectivity index (χ4v) is 3.59. The Morgan fingerprint density at radius 3 is 2.52 bits per heavy atom. The molecule has 31 heavy (non-hydrogen) atoms. The quantitative estimate of drug-likeness (QED) is 0.296. The van der Waals surface area contributed by atoms with Gasteiger partial charge in [-0.15, -0.1) is 24.0 Å². The topological polar surface area (TPSA) is 78.4 Å². The molecule has 0 saturated carbocycles. The summed E-state index contributed by atoms with van der Waals surface area (Å²) in [5.41, 5.74) is 1.12. The van der Waals surface area contributed by atoms with E-state index in [1.165, 1.54) is 0 Å². The molecule has 1 fully saturated rings. The number of likely N-dealkylation sites (N-methyl/N-ethyl adjacent to an activating group) is 1. The Balaban J connectivity index is 0.00000480. The van der Waals surface area contributed by atoms with Crippen LogP contribution < -0.4 is 15.4 Å². The molecule has 8 nitrogen and oxygen atoms in total. The zero-order chi connectivity index (χ0) is 21.9. The predicted molar refractivity (Wildman–Crippen MR) is 136 cm³/mol. The van der Waals surface area contributed by atoms with Crippen LogP contribution in [0.5, 0.6) is 5.75 Å². The minimum absolute atomic E-state index is 0. The summed E-state index contributed by atoms with van der Waals surface area (Å²) in [6, 6.07) is 8.45. The van der Waals surface area contributed by atoms with Crippen molar-refractivity contribution in [3.63, 3.8) is 0 Å². The molecule has 1 aliphatic rings. The van der Waals surface area contributed by atoms with E-state index in [1.54, 1.807) is 12.0 Å². The summed E-state index contributed by atoms with van der Waals surface area (Å²) in [6.07, 6.45) is 1.52. The Labute approximate surface area is 203 Å². The number of halogens is 1. The standard InChI is InChI=1S/C22H37N5O3.HI/c1-6-23-21(25-17-12-14-27(15-13-17)22(28)30-7-2)24-16-19(26(3)4)18-10-8-9-11-20(18)29-5;/h8-11,17,19H,6-7,12-16H2,1-5H3,(H2,23,24,25);1H. The van der Waals surface area contributed by atoms with Crippen LogP contribution in [0.25, 0.3) is 0 Å². The lowest BCUT2D eigenvalue weighted by molar-refractivity contribution is 0.0963. The third kappa shape index (κ3) is 8.36. The number of guanidine groups is 1. The highest BCUT2D eigenvalue weighted by Crippen LogP contribution is 2.28. The summed E-state index contributed by atoms with van der Waals surface area (Å²) in [5, 5.41) is 6.88. The normalized spacial score (nSPS) is 15.8. The van der Waals surface area contributed by atoms with Gasteiger partial charge in [-0.25, -0.2) is 4.79 Å². The van der Waals surface area contributed by atoms with Crippen molar-refractivity contribution in [2.45, 2.75) is 38.8 Å². The first-order valence-corrected chi connectivity index (χ1v) is 10.8. The molecule has 2 rings (SSSR count). The number of hydrogen-bond acceptors (Lipinski definition) is 5. The number of likely N-dealkylation sites (tertiary alicyclic amines) is 1. The molecule has 0 aliphatic carbocycles. The van der Waals surface area contributed by atoms with Crippen molar-refractivity contribution < 1.29 is 14.3 Å². The molecule has 1 aromatic rings. The van der Waals surface area contributed by atoms with Crippen LogP contribution in [0.4, 0.5) is 4.79 Å². The zero-order valence-electron chi connectivity index (χ0n) is 19.4. The predicted octanol–water partition coefficient (Wildman–Crippen LogP) is 3.09. The third-order valence-electron chi connectivity index (χ3n) is 5.25. The Kier molecular flexibility index (Phi) is 12.6. The Morgan fingerprint density at radius 2 is 1.94 bits per heavy atom. The number of methoxy groups -OCH3 is 1. The first-order valence-electron chi connectivity index (χ1n) is 10.8. The van der Waals surface area contributed by atoms with Gasteiger partial charge in [0.15, 0.2) is 5.96 Å². The van der Waals surface area contributed by atoms with E-state index in [4.69, 9.17) is 14.5 Å². The van der Waals surface area contributed by atoms with Gasteiger partial charge >= 0.3 is 6.09 Å². The van der Waals surface area contributed by atoms with Gasteiger partial charge in [0.1, 0.15) is 5.75 Å². The van der Waals surface area contributed by atoms with Crippen molar-refractivity contribution in [1.29, 1.82) is 0 Å². The van der Waals surface area contributed by atoms with Gasteiger partial charge in [-0.3, -0.25) is 4.99 Å². The molecule has 1 heterocycles. The zero-order valence-corrected chi connectivity index (χ0v) is 21.7. The van der Waals surface area contributed by atoms with Gasteiger partial charge in [0.05, 0.1) is 26.3 Å². The SMILES string of the molecule is CCNC(=NCC(c1ccccc1OC)N(C)C)NC1CCN(C(=O)OCC)CC1.I. The monoisotopic (exact) mass is 547 g/mol. The molecule has 0 aromatic heterocycles. The van der Waals surface area contributed by atoms with Gasteiger partial charge in [0, 0.05) is 31.2 Å². The van der Waals surface area contributed by atoms with Gasteiger partial charge in [0.25, 0.3) is 0 Å². The molecule has 1 aromatic carbocycles. The average molecular weight is 547 g/mol. The van der Waals surface area contributed by atoms with E-state index in [9.17, 15) is 4.79 Å². The number of hydrogen-bond donors (Lipinski definition) is 2. The average Bonchev–Trinajstić information content (AvgIpc) is 2.74. The summed E-state index contributed by atoms with van der Waals surface area (Å²) in [5.74, 6) is 1.67. The number of rotatable bonds is 8. The molecule has 1 saturated heterocycles. The number of benzene rings is 1. The smallest absolute Gasteiger partial charge is 0.409 e. The lowest BCUT2D eigenvalue weighted by Crippen LogP contribution is -2.50. The highest BCUT2D eigenvalue weighted by atomic mass is 127. The lowest BCUT2D eigenvalue weighted by Gasteiger charge is -2.32. The van der Waals surface area contributed by atoms with Crippen molar-refractivity contribution in [2.75, 3.05) is 54.0 Å². The van der Waals surface area contributed by atoms with Crippen LogP contribution in [0, 0.1) is 0 Å². The number of carbonyl (C=O) groups is 1. The molecule has 1 amide bonds. The maximum atomic E-state index is 11.9. The third-order valence-corrected chi connectivity index (χ3v) is 5.25. The number of amides is 1. The van der Waals surface area contributed by atoms with Crippen LogP contribution >= 0.6 is 24.0 Å². The van der Waals surface area contributed by atoms with E-state index in [-0.39, 0.29) is 42.2 Å². The van der Waals surface area contributed by atoms with Crippen LogP contribution in [0.3, 0.4) is 0 Å². The number of ether oxygens (including phenoxy) is 2. The lowest BCUT2D eigenvalue weighted by atomic mass is 10.0. The van der Waals surface area contributed by atoms with E-state index >= 15 is 0 Å². The van der Waals surface area contributed by atoms with Crippen LogP contribution in [0.15, 0.2) is 29.3 Å². The molecule has 1 aliphatic heterocycles. The molecular weight excluding hydrogens is 509 g/mol. The van der Waals surface area contributed by atoms with Gasteiger partial charge < -0.3 is 29.9 Å². The summed E-state index contributed by atoms with van der Waals surface area (Å²) in [6.45, 7) is 7.07. The first-order chi connectivity index (χ1) is 14.5. The molecule has 0 spiro atoms. The second kappa shape index (κ2) is 14.3. The number of aliphatic imine (C=N–C) groups is 1. The van der Waals surface area contributed by atoms with Gasteiger partial charge in [0.2, 0.25) is 0 Å². The number of para-hydroxylation sites is 1. The fourth-order valence-electron chi connectivity index (χ4n) is 3.59. The number of carbonyl (C=O) groups excluding carboxylic acids is 1. The second-order valence-corrected chi connectivity index (χ2v) is 7.55. The fraction of sp³-hybridized carbons (Fsp3) is 0.636. The maximum absolute atomic E-state index is 11.9. The Bertz CT molecular complexity index is 693. The molecule has 176 valence electrons.